The molecule has 0 N–H and O–H groups in total. The molecule has 2 aliphatic carbocycles. The highest BCUT2D eigenvalue weighted by Gasteiger charge is 2.49. The van der Waals surface area contributed by atoms with Crippen molar-refractivity contribution in [2.75, 3.05) is 0 Å². The lowest BCUT2D eigenvalue weighted by Gasteiger charge is -2.40. The molecule has 0 radical (unpaired) electrons. The second kappa shape index (κ2) is 8.31. The number of hydrogen-bond acceptors (Lipinski definition) is 6. The Labute approximate surface area is 183 Å². The summed E-state index contributed by atoms with van der Waals surface area (Å²) < 4.78 is 18.3. The van der Waals surface area contributed by atoms with E-state index in [2.05, 4.69) is 11.1 Å². The summed E-state index contributed by atoms with van der Waals surface area (Å²) in [5, 5.41) is 9.21. The number of pyridine rings is 1. The molecule has 0 spiro atoms. The molecule has 7 nitrogen and oxygen atoms in total. The average molecular weight is 426 g/mol. The minimum Gasteiger partial charge on any atom is -0.489 e. The van der Waals surface area contributed by atoms with E-state index in [-0.39, 0.29) is 42.1 Å². The Morgan fingerprint density at radius 2 is 1.77 bits per heavy atom. The molecule has 4 aliphatic rings. The van der Waals surface area contributed by atoms with Crippen LogP contribution in [0.15, 0.2) is 18.5 Å². The summed E-state index contributed by atoms with van der Waals surface area (Å²) >= 11 is 0. The highest BCUT2D eigenvalue weighted by molar-refractivity contribution is 5.70. The summed E-state index contributed by atoms with van der Waals surface area (Å²) in [6.07, 6.45) is 13.4. The van der Waals surface area contributed by atoms with E-state index in [1.165, 1.54) is 0 Å². The molecule has 1 aromatic rings. The van der Waals surface area contributed by atoms with Crippen molar-refractivity contribution >= 4 is 6.09 Å². The fourth-order valence-electron chi connectivity index (χ4n) is 5.38. The number of piperidine rings is 1. The molecular weight excluding hydrogens is 394 g/mol. The van der Waals surface area contributed by atoms with Gasteiger partial charge in [-0.15, -0.1) is 0 Å². The van der Waals surface area contributed by atoms with Crippen LogP contribution in [0.1, 0.15) is 76.7 Å². The number of aromatic nitrogens is 1. The lowest BCUT2D eigenvalue weighted by atomic mass is 9.93. The average Bonchev–Trinajstić information content (AvgIpc) is 3.42. The monoisotopic (exact) mass is 425 g/mol. The summed E-state index contributed by atoms with van der Waals surface area (Å²) in [5.41, 5.74) is 0.270. The van der Waals surface area contributed by atoms with Crippen molar-refractivity contribution in [1.29, 1.82) is 5.26 Å². The first-order chi connectivity index (χ1) is 15.0. The predicted octanol–water partition coefficient (Wildman–Crippen LogP) is 4.34. The van der Waals surface area contributed by atoms with E-state index in [9.17, 15) is 10.1 Å². The van der Waals surface area contributed by atoms with Crippen LogP contribution < -0.4 is 4.74 Å². The van der Waals surface area contributed by atoms with Crippen LogP contribution in [0.3, 0.4) is 0 Å². The van der Waals surface area contributed by atoms with Gasteiger partial charge in [0.2, 0.25) is 0 Å². The molecule has 1 aromatic heterocycles. The molecular formula is C24H31N3O4. The molecule has 3 heterocycles. The fraction of sp³-hybridized carbons (Fsp3) is 0.708. The molecule has 31 heavy (non-hydrogen) atoms. The molecule has 4 fully saturated rings. The lowest BCUT2D eigenvalue weighted by molar-refractivity contribution is -0.0794. The van der Waals surface area contributed by atoms with E-state index in [4.69, 9.17) is 14.2 Å². The van der Waals surface area contributed by atoms with Gasteiger partial charge in [0.1, 0.15) is 23.0 Å². The van der Waals surface area contributed by atoms with Crippen LogP contribution in [0.2, 0.25) is 0 Å². The Morgan fingerprint density at radius 3 is 2.42 bits per heavy atom. The van der Waals surface area contributed by atoms with Gasteiger partial charge in [-0.1, -0.05) is 0 Å². The molecule has 5 rings (SSSR count). The molecule has 2 saturated carbocycles. The van der Waals surface area contributed by atoms with Crippen molar-refractivity contribution in [3.8, 4) is 11.8 Å². The van der Waals surface area contributed by atoms with Crippen molar-refractivity contribution in [2.45, 2.75) is 107 Å². The Bertz CT molecular complexity index is 843. The predicted molar refractivity (Wildman–Crippen MR) is 113 cm³/mol. The van der Waals surface area contributed by atoms with Crippen molar-refractivity contribution < 1.29 is 19.0 Å². The number of carbonyl (C=O) groups is 1. The molecule has 1 unspecified atom stereocenters. The first-order valence-corrected chi connectivity index (χ1v) is 11.7. The third-order valence-corrected chi connectivity index (χ3v) is 7.39. The summed E-state index contributed by atoms with van der Waals surface area (Å²) in [6, 6.07) is 4.42. The summed E-state index contributed by atoms with van der Waals surface area (Å²) in [5.74, 6) is 0.623. The van der Waals surface area contributed by atoms with E-state index in [0.717, 1.165) is 64.2 Å². The number of fused-ring (bicyclic) bond motifs is 2. The minimum atomic E-state index is -0.213. The summed E-state index contributed by atoms with van der Waals surface area (Å²) in [7, 11) is 0. The van der Waals surface area contributed by atoms with E-state index >= 15 is 0 Å². The highest BCUT2D eigenvalue weighted by Crippen LogP contribution is 2.43. The number of ether oxygens (including phenoxy) is 3. The molecule has 1 amide bonds. The number of hydrogen-bond donors (Lipinski definition) is 0. The number of amides is 1. The number of nitrogens with zero attached hydrogens (tertiary/aromatic N) is 3. The van der Waals surface area contributed by atoms with Crippen molar-refractivity contribution in [3.05, 3.63) is 24.0 Å². The van der Waals surface area contributed by atoms with Gasteiger partial charge in [-0.25, -0.2) is 4.79 Å². The molecule has 2 bridgehead atoms. The van der Waals surface area contributed by atoms with E-state index in [1.54, 1.807) is 18.5 Å². The van der Waals surface area contributed by atoms with E-state index < -0.39 is 0 Å². The fourth-order valence-corrected chi connectivity index (χ4v) is 5.38. The number of carbonyl (C=O) groups excluding carboxylic acids is 1. The van der Waals surface area contributed by atoms with Crippen LogP contribution in [0, 0.1) is 11.3 Å². The maximum absolute atomic E-state index is 12.7. The molecule has 7 heteroatoms. The molecule has 0 aromatic carbocycles. The van der Waals surface area contributed by atoms with Gasteiger partial charge in [-0.3, -0.25) is 4.98 Å². The Balaban J connectivity index is 1.09. The van der Waals surface area contributed by atoms with Crippen LogP contribution in [-0.4, -0.2) is 52.0 Å². The Kier molecular flexibility index (Phi) is 5.51. The van der Waals surface area contributed by atoms with Crippen LogP contribution in [-0.2, 0) is 9.47 Å². The lowest BCUT2D eigenvalue weighted by Crippen LogP contribution is -2.50. The third kappa shape index (κ3) is 4.50. The zero-order valence-electron chi connectivity index (χ0n) is 18.2. The zero-order valence-corrected chi connectivity index (χ0v) is 18.2. The zero-order chi connectivity index (χ0) is 21.4. The standard InChI is InChI=1S/C24H31N3O4/c1-24(9-10-24)31-23(28)27-17-2-3-18(27)13-21(12-17)29-19-4-6-20(7-5-19)30-22-8-11-26-15-16(22)14-25/h8,11,15,17-21H,2-7,9-10,12-13H2,1H3/t17-,18+,19?,20?,21?. The van der Waals surface area contributed by atoms with Gasteiger partial charge in [-0.05, 0) is 77.2 Å². The first kappa shape index (κ1) is 20.6. The molecule has 3 atom stereocenters. The molecule has 2 saturated heterocycles. The van der Waals surface area contributed by atoms with Crippen molar-refractivity contribution in [3.63, 3.8) is 0 Å². The van der Waals surface area contributed by atoms with Gasteiger partial charge in [0.15, 0.2) is 0 Å². The Morgan fingerprint density at radius 1 is 1.10 bits per heavy atom. The third-order valence-electron chi connectivity index (χ3n) is 7.39. The van der Waals surface area contributed by atoms with Crippen LogP contribution >= 0.6 is 0 Å². The molecule has 166 valence electrons. The van der Waals surface area contributed by atoms with Crippen LogP contribution in [0.25, 0.3) is 0 Å². The normalized spacial score (nSPS) is 33.4. The van der Waals surface area contributed by atoms with Crippen LogP contribution in [0.5, 0.6) is 5.75 Å². The van der Waals surface area contributed by atoms with Gasteiger partial charge in [0, 0.05) is 24.5 Å². The second-order valence-corrected chi connectivity index (χ2v) is 9.84. The van der Waals surface area contributed by atoms with Crippen LogP contribution in [0.4, 0.5) is 4.79 Å². The van der Waals surface area contributed by atoms with Gasteiger partial charge < -0.3 is 19.1 Å². The van der Waals surface area contributed by atoms with Gasteiger partial charge >= 0.3 is 6.09 Å². The maximum atomic E-state index is 12.7. The van der Waals surface area contributed by atoms with Gasteiger partial charge in [0.05, 0.1) is 18.3 Å². The topological polar surface area (TPSA) is 84.7 Å². The van der Waals surface area contributed by atoms with E-state index in [0.29, 0.717) is 11.3 Å². The number of rotatable bonds is 5. The minimum absolute atomic E-state index is 0.114. The SMILES string of the molecule is CC1(OC(=O)N2[C@@H]3CC[C@H]2CC(OC2CCC(Oc4ccncc4C#N)CC2)C3)CC1. The number of nitriles is 1. The van der Waals surface area contributed by atoms with Crippen molar-refractivity contribution in [2.24, 2.45) is 0 Å². The quantitative estimate of drug-likeness (QED) is 0.697. The smallest absolute Gasteiger partial charge is 0.410 e. The first-order valence-electron chi connectivity index (χ1n) is 11.7. The van der Waals surface area contributed by atoms with Gasteiger partial charge in [0.25, 0.3) is 0 Å². The van der Waals surface area contributed by atoms with Crippen molar-refractivity contribution in [1.82, 2.24) is 9.88 Å². The summed E-state index contributed by atoms with van der Waals surface area (Å²) in [6.45, 7) is 2.03. The highest BCUT2D eigenvalue weighted by atomic mass is 16.6. The molecule has 2 aliphatic heterocycles. The van der Waals surface area contributed by atoms with E-state index in [1.807, 2.05) is 11.8 Å². The van der Waals surface area contributed by atoms with Gasteiger partial charge in [-0.2, -0.15) is 5.26 Å². The summed E-state index contributed by atoms with van der Waals surface area (Å²) in [4.78, 5) is 18.7. The maximum Gasteiger partial charge on any atom is 0.410 e. The Hall–Kier alpha value is -2.33. The largest absolute Gasteiger partial charge is 0.489 e. The second-order valence-electron chi connectivity index (χ2n) is 9.84.